The Morgan fingerprint density at radius 2 is 2.17 bits per heavy atom. The molecular formula is C14H17FO3. The lowest BCUT2D eigenvalue weighted by Gasteiger charge is -2.06. The van der Waals surface area contributed by atoms with Crippen molar-refractivity contribution in [2.24, 2.45) is 5.92 Å². The normalized spacial score (nSPS) is 21.5. The van der Waals surface area contributed by atoms with Gasteiger partial charge in [0.25, 0.3) is 0 Å². The van der Waals surface area contributed by atoms with E-state index in [9.17, 15) is 9.18 Å². The van der Waals surface area contributed by atoms with Crippen molar-refractivity contribution in [2.45, 2.75) is 26.2 Å². The fourth-order valence-corrected chi connectivity index (χ4v) is 2.09. The summed E-state index contributed by atoms with van der Waals surface area (Å²) >= 11 is 0. The van der Waals surface area contributed by atoms with E-state index in [1.807, 2.05) is 13.0 Å². The van der Waals surface area contributed by atoms with Gasteiger partial charge in [-0.25, -0.2) is 4.39 Å². The van der Waals surface area contributed by atoms with E-state index in [-0.39, 0.29) is 29.4 Å². The van der Waals surface area contributed by atoms with E-state index < -0.39 is 0 Å². The van der Waals surface area contributed by atoms with Gasteiger partial charge in [-0.05, 0) is 43.9 Å². The van der Waals surface area contributed by atoms with Gasteiger partial charge in [-0.2, -0.15) is 0 Å². The third-order valence-electron chi connectivity index (χ3n) is 3.06. The number of hydrogen-bond acceptors (Lipinski definition) is 3. The fraction of sp³-hybridized carbons (Fsp3) is 0.500. The monoisotopic (exact) mass is 252 g/mol. The Balaban J connectivity index is 2.04. The molecule has 1 aromatic carbocycles. The number of carbonyl (C=O) groups excluding carboxylic acids is 1. The molecule has 0 bridgehead atoms. The smallest absolute Gasteiger partial charge is 0.309 e. The molecule has 98 valence electrons. The third kappa shape index (κ3) is 2.63. The van der Waals surface area contributed by atoms with Gasteiger partial charge in [-0.15, -0.1) is 0 Å². The van der Waals surface area contributed by atoms with Crippen LogP contribution in [0.3, 0.4) is 0 Å². The third-order valence-corrected chi connectivity index (χ3v) is 3.06. The van der Waals surface area contributed by atoms with Crippen molar-refractivity contribution in [2.75, 3.05) is 13.2 Å². The number of rotatable bonds is 5. The van der Waals surface area contributed by atoms with Gasteiger partial charge in [0.15, 0.2) is 11.6 Å². The van der Waals surface area contributed by atoms with Crippen molar-refractivity contribution in [1.82, 2.24) is 0 Å². The zero-order valence-corrected chi connectivity index (χ0v) is 10.6. The molecular weight excluding hydrogens is 235 g/mol. The van der Waals surface area contributed by atoms with Crippen LogP contribution in [-0.4, -0.2) is 19.2 Å². The second-order valence-corrected chi connectivity index (χ2v) is 4.32. The molecule has 1 aliphatic rings. The van der Waals surface area contributed by atoms with Gasteiger partial charge in [-0.1, -0.05) is 6.07 Å². The second-order valence-electron chi connectivity index (χ2n) is 4.32. The number of esters is 1. The first-order valence-corrected chi connectivity index (χ1v) is 6.26. The number of halogens is 1. The predicted octanol–water partition coefficient (Wildman–Crippen LogP) is 2.89. The maximum atomic E-state index is 13.7. The standard InChI is InChI=1S/C14H17FO3/c1-3-17-13-6-5-9(7-12(13)15)10-8-11(10)14(16)18-4-2/h5-7,10-11H,3-4,8H2,1-2H3. The summed E-state index contributed by atoms with van der Waals surface area (Å²) in [7, 11) is 0. The van der Waals surface area contributed by atoms with Crippen molar-refractivity contribution in [1.29, 1.82) is 0 Å². The first-order chi connectivity index (χ1) is 8.67. The van der Waals surface area contributed by atoms with Gasteiger partial charge < -0.3 is 9.47 Å². The highest BCUT2D eigenvalue weighted by Gasteiger charge is 2.45. The van der Waals surface area contributed by atoms with E-state index in [0.717, 1.165) is 12.0 Å². The van der Waals surface area contributed by atoms with Gasteiger partial charge in [0.05, 0.1) is 19.1 Å². The molecule has 2 unspecified atom stereocenters. The van der Waals surface area contributed by atoms with Crippen LogP contribution in [-0.2, 0) is 9.53 Å². The van der Waals surface area contributed by atoms with Crippen molar-refractivity contribution < 1.29 is 18.7 Å². The lowest BCUT2D eigenvalue weighted by Crippen LogP contribution is -2.07. The highest BCUT2D eigenvalue weighted by Crippen LogP contribution is 2.48. The van der Waals surface area contributed by atoms with Crippen LogP contribution >= 0.6 is 0 Å². The molecule has 4 heteroatoms. The van der Waals surface area contributed by atoms with Crippen LogP contribution in [0.4, 0.5) is 4.39 Å². The van der Waals surface area contributed by atoms with Gasteiger partial charge >= 0.3 is 5.97 Å². The summed E-state index contributed by atoms with van der Waals surface area (Å²) in [6, 6.07) is 4.89. The summed E-state index contributed by atoms with van der Waals surface area (Å²) in [5.41, 5.74) is 0.842. The highest BCUT2D eigenvalue weighted by atomic mass is 19.1. The predicted molar refractivity (Wildman–Crippen MR) is 65.1 cm³/mol. The van der Waals surface area contributed by atoms with E-state index in [4.69, 9.17) is 9.47 Å². The average Bonchev–Trinajstić information content (AvgIpc) is 3.12. The van der Waals surface area contributed by atoms with E-state index in [1.165, 1.54) is 6.07 Å². The quantitative estimate of drug-likeness (QED) is 0.756. The largest absolute Gasteiger partial charge is 0.491 e. The van der Waals surface area contributed by atoms with Crippen LogP contribution in [0.1, 0.15) is 31.7 Å². The molecule has 18 heavy (non-hydrogen) atoms. The summed E-state index contributed by atoms with van der Waals surface area (Å²) in [6.45, 7) is 4.42. The lowest BCUT2D eigenvalue weighted by atomic mass is 10.1. The van der Waals surface area contributed by atoms with Crippen LogP contribution < -0.4 is 4.74 Å². The Kier molecular flexibility index (Phi) is 3.84. The summed E-state index contributed by atoms with van der Waals surface area (Å²) < 4.78 is 23.8. The molecule has 1 aromatic rings. The molecule has 2 atom stereocenters. The van der Waals surface area contributed by atoms with Crippen molar-refractivity contribution in [3.05, 3.63) is 29.6 Å². The minimum atomic E-state index is -0.371. The summed E-state index contributed by atoms with van der Waals surface area (Å²) in [6.07, 6.45) is 0.742. The molecule has 0 amide bonds. The van der Waals surface area contributed by atoms with Gasteiger partial charge in [-0.3, -0.25) is 4.79 Å². The van der Waals surface area contributed by atoms with Crippen LogP contribution in [0.25, 0.3) is 0 Å². The van der Waals surface area contributed by atoms with E-state index in [1.54, 1.807) is 13.0 Å². The van der Waals surface area contributed by atoms with Crippen LogP contribution in [0, 0.1) is 11.7 Å². The van der Waals surface area contributed by atoms with Crippen LogP contribution in [0.2, 0.25) is 0 Å². The van der Waals surface area contributed by atoms with Crippen molar-refractivity contribution >= 4 is 5.97 Å². The van der Waals surface area contributed by atoms with E-state index in [0.29, 0.717) is 13.2 Å². The summed E-state index contributed by atoms with van der Waals surface area (Å²) in [5.74, 6) is -0.313. The minimum Gasteiger partial charge on any atom is -0.491 e. The minimum absolute atomic E-state index is 0.0919. The van der Waals surface area contributed by atoms with E-state index >= 15 is 0 Å². The summed E-state index contributed by atoms with van der Waals surface area (Å²) in [5, 5.41) is 0. The molecule has 1 fully saturated rings. The Bertz CT molecular complexity index is 445. The topological polar surface area (TPSA) is 35.5 Å². The average molecular weight is 252 g/mol. The maximum Gasteiger partial charge on any atom is 0.309 e. The molecule has 1 aliphatic carbocycles. The van der Waals surface area contributed by atoms with E-state index in [2.05, 4.69) is 0 Å². The Hall–Kier alpha value is -1.58. The second kappa shape index (κ2) is 5.38. The molecule has 0 aliphatic heterocycles. The molecule has 0 spiro atoms. The van der Waals surface area contributed by atoms with Gasteiger partial charge in [0, 0.05) is 0 Å². The highest BCUT2D eigenvalue weighted by molar-refractivity contribution is 5.77. The molecule has 0 N–H and O–H groups in total. The number of ether oxygens (including phenoxy) is 2. The number of hydrogen-bond donors (Lipinski definition) is 0. The molecule has 1 saturated carbocycles. The molecule has 0 radical (unpaired) electrons. The number of carbonyl (C=O) groups is 1. The van der Waals surface area contributed by atoms with Crippen molar-refractivity contribution in [3.8, 4) is 5.75 Å². The fourth-order valence-electron chi connectivity index (χ4n) is 2.09. The molecule has 0 aromatic heterocycles. The maximum absolute atomic E-state index is 13.7. The van der Waals surface area contributed by atoms with Crippen LogP contribution in [0.15, 0.2) is 18.2 Å². The molecule has 3 nitrogen and oxygen atoms in total. The molecule has 0 heterocycles. The SMILES string of the molecule is CCOC(=O)C1CC1c1ccc(OCC)c(F)c1. The Morgan fingerprint density at radius 1 is 1.39 bits per heavy atom. The lowest BCUT2D eigenvalue weighted by molar-refractivity contribution is -0.144. The summed E-state index contributed by atoms with van der Waals surface area (Å²) in [4.78, 5) is 11.5. The molecule has 0 saturated heterocycles. The Morgan fingerprint density at radius 3 is 2.78 bits per heavy atom. The number of benzene rings is 1. The first-order valence-electron chi connectivity index (χ1n) is 6.26. The van der Waals surface area contributed by atoms with Gasteiger partial charge in [0.2, 0.25) is 0 Å². The zero-order chi connectivity index (χ0) is 13.1. The first kappa shape index (κ1) is 12.9. The Labute approximate surface area is 106 Å². The molecule has 2 rings (SSSR count). The van der Waals surface area contributed by atoms with Crippen LogP contribution in [0.5, 0.6) is 5.75 Å². The van der Waals surface area contributed by atoms with Gasteiger partial charge in [0.1, 0.15) is 0 Å². The zero-order valence-electron chi connectivity index (χ0n) is 10.6. The van der Waals surface area contributed by atoms with Crippen molar-refractivity contribution in [3.63, 3.8) is 0 Å².